The van der Waals surface area contributed by atoms with Crippen LogP contribution >= 0.6 is 0 Å². The number of methoxy groups -OCH3 is 1. The van der Waals surface area contributed by atoms with Gasteiger partial charge in [-0.2, -0.15) is 0 Å². The molecule has 0 aromatic heterocycles. The number of rotatable bonds is 3. The first-order valence-corrected chi connectivity index (χ1v) is 5.76. The van der Waals surface area contributed by atoms with Crippen LogP contribution in [0.25, 0.3) is 0 Å². The number of benzene rings is 1. The summed E-state index contributed by atoms with van der Waals surface area (Å²) >= 11 is 0. The van der Waals surface area contributed by atoms with Gasteiger partial charge in [0.15, 0.2) is 0 Å². The summed E-state index contributed by atoms with van der Waals surface area (Å²) in [5, 5.41) is 18.9. The van der Waals surface area contributed by atoms with E-state index in [2.05, 4.69) is 0 Å². The second-order valence-corrected chi connectivity index (χ2v) is 4.32. The summed E-state index contributed by atoms with van der Waals surface area (Å²) in [5.41, 5.74) is 2.34. The Hall–Kier alpha value is -1.71. The van der Waals surface area contributed by atoms with Crippen molar-refractivity contribution in [3.63, 3.8) is 0 Å². The van der Waals surface area contributed by atoms with Crippen molar-refractivity contribution in [1.29, 1.82) is 0 Å². The van der Waals surface area contributed by atoms with Crippen molar-refractivity contribution in [2.75, 3.05) is 7.11 Å². The molecule has 2 N–H and O–H groups in total. The summed E-state index contributed by atoms with van der Waals surface area (Å²) in [6.07, 6.45) is 3.63. The van der Waals surface area contributed by atoms with Crippen LogP contribution in [0.3, 0.4) is 0 Å². The fourth-order valence-electron chi connectivity index (χ4n) is 2.43. The van der Waals surface area contributed by atoms with Crippen molar-refractivity contribution < 1.29 is 19.7 Å². The molecule has 0 aliphatic heterocycles. The molecule has 1 aromatic carbocycles. The highest BCUT2D eigenvalue weighted by Gasteiger charge is 2.21. The molecule has 0 saturated carbocycles. The van der Waals surface area contributed by atoms with Gasteiger partial charge in [0.05, 0.1) is 13.5 Å². The largest absolute Gasteiger partial charge is 0.507 e. The molecule has 0 spiro atoms. The van der Waals surface area contributed by atoms with E-state index in [0.29, 0.717) is 11.3 Å². The lowest BCUT2D eigenvalue weighted by atomic mass is 9.88. The third-order valence-electron chi connectivity index (χ3n) is 3.22. The highest BCUT2D eigenvalue weighted by molar-refractivity contribution is 5.72. The van der Waals surface area contributed by atoms with E-state index in [1.807, 2.05) is 0 Å². The standard InChI is InChI=1S/C13H16O4/c1-17-11-6-8(7-12(14)15)13(16)10-5-3-2-4-9(10)11/h6,16H,2-5,7H2,1H3,(H,14,15). The maximum Gasteiger partial charge on any atom is 0.307 e. The van der Waals surface area contributed by atoms with E-state index in [4.69, 9.17) is 9.84 Å². The molecule has 0 amide bonds. The Labute approximate surface area is 99.8 Å². The number of aliphatic carboxylic acids is 1. The first-order chi connectivity index (χ1) is 8.13. The van der Waals surface area contributed by atoms with Crippen LogP contribution in [0.4, 0.5) is 0 Å². The molecule has 17 heavy (non-hydrogen) atoms. The monoisotopic (exact) mass is 236 g/mol. The molecule has 92 valence electrons. The van der Waals surface area contributed by atoms with Gasteiger partial charge in [0.1, 0.15) is 11.5 Å². The predicted molar refractivity (Wildman–Crippen MR) is 62.6 cm³/mol. The average molecular weight is 236 g/mol. The van der Waals surface area contributed by atoms with E-state index >= 15 is 0 Å². The Morgan fingerprint density at radius 2 is 2.00 bits per heavy atom. The number of phenols is 1. The van der Waals surface area contributed by atoms with Gasteiger partial charge in [0, 0.05) is 16.7 Å². The number of fused-ring (bicyclic) bond motifs is 1. The average Bonchev–Trinajstić information content (AvgIpc) is 2.32. The van der Waals surface area contributed by atoms with E-state index in [0.717, 1.165) is 36.8 Å². The molecule has 0 saturated heterocycles. The Morgan fingerprint density at radius 1 is 1.35 bits per heavy atom. The molecule has 1 aromatic rings. The van der Waals surface area contributed by atoms with Crippen LogP contribution in [-0.2, 0) is 24.1 Å². The highest BCUT2D eigenvalue weighted by Crippen LogP contribution is 2.38. The molecule has 0 heterocycles. The van der Waals surface area contributed by atoms with Gasteiger partial charge in [-0.3, -0.25) is 4.79 Å². The second kappa shape index (κ2) is 4.65. The molecule has 0 atom stereocenters. The normalized spacial score (nSPS) is 14.2. The zero-order valence-corrected chi connectivity index (χ0v) is 9.82. The first kappa shape index (κ1) is 11.8. The van der Waals surface area contributed by atoms with E-state index in [9.17, 15) is 9.90 Å². The molecule has 0 bridgehead atoms. The Morgan fingerprint density at radius 3 is 2.59 bits per heavy atom. The number of carboxylic acids is 1. The minimum atomic E-state index is -0.946. The Kier molecular flexibility index (Phi) is 3.22. The van der Waals surface area contributed by atoms with Gasteiger partial charge >= 0.3 is 5.97 Å². The van der Waals surface area contributed by atoms with Crippen molar-refractivity contribution in [2.24, 2.45) is 0 Å². The van der Waals surface area contributed by atoms with Gasteiger partial charge in [0.2, 0.25) is 0 Å². The Balaban J connectivity index is 2.51. The zero-order valence-electron chi connectivity index (χ0n) is 9.82. The van der Waals surface area contributed by atoms with E-state index in [1.54, 1.807) is 13.2 Å². The molecular weight excluding hydrogens is 220 g/mol. The smallest absolute Gasteiger partial charge is 0.307 e. The predicted octanol–water partition coefficient (Wildman–Crippen LogP) is 1.91. The molecule has 2 rings (SSSR count). The maximum atomic E-state index is 10.7. The summed E-state index contributed by atoms with van der Waals surface area (Å²) < 4.78 is 5.29. The van der Waals surface area contributed by atoms with Crippen LogP contribution in [0.1, 0.15) is 29.5 Å². The minimum Gasteiger partial charge on any atom is -0.507 e. The van der Waals surface area contributed by atoms with E-state index < -0.39 is 5.97 Å². The van der Waals surface area contributed by atoms with Crippen molar-refractivity contribution in [1.82, 2.24) is 0 Å². The number of phenolic OH excluding ortho intramolecular Hbond substituents is 1. The van der Waals surface area contributed by atoms with Crippen LogP contribution in [0.5, 0.6) is 11.5 Å². The van der Waals surface area contributed by atoms with Crippen molar-refractivity contribution in [3.05, 3.63) is 22.8 Å². The van der Waals surface area contributed by atoms with Gasteiger partial charge in [-0.1, -0.05) is 0 Å². The number of hydrogen-bond acceptors (Lipinski definition) is 3. The van der Waals surface area contributed by atoms with Gasteiger partial charge < -0.3 is 14.9 Å². The molecule has 4 nitrogen and oxygen atoms in total. The van der Waals surface area contributed by atoms with Crippen LogP contribution in [-0.4, -0.2) is 23.3 Å². The van der Waals surface area contributed by atoms with Gasteiger partial charge in [-0.05, 0) is 31.7 Å². The summed E-state index contributed by atoms with van der Waals surface area (Å²) in [6, 6.07) is 1.65. The lowest BCUT2D eigenvalue weighted by molar-refractivity contribution is -0.136. The molecule has 4 heteroatoms. The molecule has 1 aliphatic carbocycles. The fraction of sp³-hybridized carbons (Fsp3) is 0.462. The summed E-state index contributed by atoms with van der Waals surface area (Å²) in [6.45, 7) is 0. The maximum absolute atomic E-state index is 10.7. The summed E-state index contributed by atoms with van der Waals surface area (Å²) in [5.74, 6) is -0.102. The second-order valence-electron chi connectivity index (χ2n) is 4.32. The lowest BCUT2D eigenvalue weighted by Crippen LogP contribution is -2.09. The van der Waals surface area contributed by atoms with Crippen molar-refractivity contribution in [3.8, 4) is 11.5 Å². The third-order valence-corrected chi connectivity index (χ3v) is 3.22. The van der Waals surface area contributed by atoms with E-state index in [1.165, 1.54) is 0 Å². The Bertz CT molecular complexity index is 451. The van der Waals surface area contributed by atoms with Crippen LogP contribution in [0, 0.1) is 0 Å². The molecule has 0 radical (unpaired) electrons. The first-order valence-electron chi connectivity index (χ1n) is 5.76. The van der Waals surface area contributed by atoms with Crippen molar-refractivity contribution >= 4 is 5.97 Å². The lowest BCUT2D eigenvalue weighted by Gasteiger charge is -2.21. The molecular formula is C13H16O4. The summed E-state index contributed by atoms with van der Waals surface area (Å²) in [4.78, 5) is 10.7. The number of hydrogen-bond donors (Lipinski definition) is 2. The van der Waals surface area contributed by atoms with Crippen LogP contribution in [0.15, 0.2) is 6.07 Å². The van der Waals surface area contributed by atoms with Gasteiger partial charge in [-0.15, -0.1) is 0 Å². The van der Waals surface area contributed by atoms with Gasteiger partial charge in [-0.25, -0.2) is 0 Å². The quantitative estimate of drug-likeness (QED) is 0.841. The van der Waals surface area contributed by atoms with Gasteiger partial charge in [0.25, 0.3) is 0 Å². The SMILES string of the molecule is COc1cc(CC(=O)O)c(O)c2c1CCCC2. The van der Waals surface area contributed by atoms with E-state index in [-0.39, 0.29) is 12.2 Å². The van der Waals surface area contributed by atoms with Crippen LogP contribution in [0.2, 0.25) is 0 Å². The molecule has 1 aliphatic rings. The van der Waals surface area contributed by atoms with Crippen LogP contribution < -0.4 is 4.74 Å². The zero-order chi connectivity index (χ0) is 12.4. The summed E-state index contributed by atoms with van der Waals surface area (Å²) in [7, 11) is 1.58. The number of aromatic hydroxyl groups is 1. The number of carboxylic acid groups (broad SMARTS) is 1. The topological polar surface area (TPSA) is 66.8 Å². The number of ether oxygens (including phenoxy) is 1. The molecule has 0 fully saturated rings. The number of carbonyl (C=O) groups is 1. The third kappa shape index (κ3) is 2.20. The fourth-order valence-corrected chi connectivity index (χ4v) is 2.43. The van der Waals surface area contributed by atoms with Crippen molar-refractivity contribution in [2.45, 2.75) is 32.1 Å². The minimum absolute atomic E-state index is 0.142. The molecule has 0 unspecified atom stereocenters. The highest BCUT2D eigenvalue weighted by atomic mass is 16.5.